The van der Waals surface area contributed by atoms with Gasteiger partial charge in [0.1, 0.15) is 11.6 Å². The fourth-order valence-corrected chi connectivity index (χ4v) is 3.75. The first-order valence-corrected chi connectivity index (χ1v) is 8.80. The molecule has 2 aromatic rings. The van der Waals surface area contributed by atoms with Crippen molar-refractivity contribution in [3.63, 3.8) is 0 Å². The SMILES string of the molecule is COc1cccc(C2(C(=O)NCc3ccc(F)c(Cl)c3)CCCC2)c1. The first-order valence-electron chi connectivity index (χ1n) is 8.42. The fraction of sp³-hybridized carbons (Fsp3) is 0.350. The zero-order chi connectivity index (χ0) is 17.9. The molecule has 1 fully saturated rings. The summed E-state index contributed by atoms with van der Waals surface area (Å²) in [7, 11) is 1.62. The normalized spacial score (nSPS) is 15.8. The Bertz CT molecular complexity index is 772. The van der Waals surface area contributed by atoms with Crippen molar-refractivity contribution in [1.82, 2.24) is 5.32 Å². The van der Waals surface area contributed by atoms with Crippen LogP contribution in [0.2, 0.25) is 5.02 Å². The third-order valence-electron chi connectivity index (χ3n) is 4.95. The maximum atomic E-state index is 13.3. The van der Waals surface area contributed by atoms with Crippen molar-refractivity contribution in [2.24, 2.45) is 0 Å². The minimum atomic E-state index is -0.529. The van der Waals surface area contributed by atoms with Crippen LogP contribution in [0.5, 0.6) is 5.75 Å². The predicted molar refractivity (Wildman–Crippen MR) is 96.4 cm³/mol. The zero-order valence-corrected chi connectivity index (χ0v) is 14.9. The van der Waals surface area contributed by atoms with E-state index in [4.69, 9.17) is 16.3 Å². The number of rotatable bonds is 5. The Kier molecular flexibility index (Phi) is 5.28. The first kappa shape index (κ1) is 17.7. The molecule has 0 aromatic heterocycles. The molecule has 0 spiro atoms. The Balaban J connectivity index is 1.80. The van der Waals surface area contributed by atoms with Gasteiger partial charge >= 0.3 is 0 Å². The van der Waals surface area contributed by atoms with Gasteiger partial charge in [-0.15, -0.1) is 0 Å². The van der Waals surface area contributed by atoms with Gasteiger partial charge in [0.15, 0.2) is 0 Å². The van der Waals surface area contributed by atoms with E-state index >= 15 is 0 Å². The Hall–Kier alpha value is -2.07. The molecule has 1 amide bonds. The van der Waals surface area contributed by atoms with Crippen molar-refractivity contribution in [2.45, 2.75) is 37.6 Å². The number of benzene rings is 2. The van der Waals surface area contributed by atoms with Gasteiger partial charge < -0.3 is 10.1 Å². The van der Waals surface area contributed by atoms with E-state index in [-0.39, 0.29) is 10.9 Å². The van der Waals surface area contributed by atoms with Crippen LogP contribution in [-0.4, -0.2) is 13.0 Å². The van der Waals surface area contributed by atoms with Crippen LogP contribution in [0.4, 0.5) is 4.39 Å². The predicted octanol–water partition coefficient (Wildman–Crippen LogP) is 4.62. The molecule has 0 heterocycles. The van der Waals surface area contributed by atoms with Gasteiger partial charge in [-0.3, -0.25) is 4.79 Å². The molecule has 0 saturated heterocycles. The lowest BCUT2D eigenvalue weighted by atomic mass is 9.78. The Labute approximate surface area is 152 Å². The topological polar surface area (TPSA) is 38.3 Å². The second-order valence-electron chi connectivity index (χ2n) is 6.45. The number of carbonyl (C=O) groups excluding carboxylic acids is 1. The summed E-state index contributed by atoms with van der Waals surface area (Å²) in [6.45, 7) is 0.324. The highest BCUT2D eigenvalue weighted by atomic mass is 35.5. The molecule has 1 saturated carbocycles. The van der Waals surface area contributed by atoms with Gasteiger partial charge in [-0.2, -0.15) is 0 Å². The fourth-order valence-electron chi connectivity index (χ4n) is 3.55. The summed E-state index contributed by atoms with van der Waals surface area (Å²) < 4.78 is 18.6. The summed E-state index contributed by atoms with van der Waals surface area (Å²) in [5.41, 5.74) is 1.23. The molecule has 1 N–H and O–H groups in total. The Morgan fingerprint density at radius 3 is 2.68 bits per heavy atom. The van der Waals surface area contributed by atoms with Crippen LogP contribution in [0, 0.1) is 5.82 Å². The van der Waals surface area contributed by atoms with Crippen LogP contribution in [0.1, 0.15) is 36.8 Å². The van der Waals surface area contributed by atoms with Crippen molar-refractivity contribution >= 4 is 17.5 Å². The molecule has 5 heteroatoms. The van der Waals surface area contributed by atoms with E-state index in [0.29, 0.717) is 6.54 Å². The summed E-state index contributed by atoms with van der Waals surface area (Å²) in [6, 6.07) is 12.2. The molecule has 0 atom stereocenters. The van der Waals surface area contributed by atoms with E-state index in [1.54, 1.807) is 19.2 Å². The molecule has 25 heavy (non-hydrogen) atoms. The standard InChI is InChI=1S/C20H21ClFNO2/c1-25-16-6-4-5-15(12-16)20(9-2-3-10-20)19(24)23-13-14-7-8-18(22)17(21)11-14/h4-8,11-12H,2-3,9-10,13H2,1H3,(H,23,24). The quantitative estimate of drug-likeness (QED) is 0.844. The van der Waals surface area contributed by atoms with Crippen molar-refractivity contribution < 1.29 is 13.9 Å². The van der Waals surface area contributed by atoms with E-state index in [2.05, 4.69) is 5.32 Å². The molecule has 0 bridgehead atoms. The molecular weight excluding hydrogens is 341 g/mol. The van der Waals surface area contributed by atoms with Crippen molar-refractivity contribution in [2.75, 3.05) is 7.11 Å². The van der Waals surface area contributed by atoms with Crippen LogP contribution >= 0.6 is 11.6 Å². The summed E-state index contributed by atoms with van der Waals surface area (Å²) in [5, 5.41) is 3.07. The van der Waals surface area contributed by atoms with E-state index in [0.717, 1.165) is 42.6 Å². The molecule has 0 unspecified atom stereocenters. The molecule has 0 radical (unpaired) electrons. The lowest BCUT2D eigenvalue weighted by Crippen LogP contribution is -2.42. The number of carbonyl (C=O) groups is 1. The highest BCUT2D eigenvalue weighted by Crippen LogP contribution is 2.42. The third kappa shape index (κ3) is 3.64. The highest BCUT2D eigenvalue weighted by molar-refractivity contribution is 6.30. The Morgan fingerprint density at radius 1 is 1.24 bits per heavy atom. The van der Waals surface area contributed by atoms with E-state index < -0.39 is 11.2 Å². The van der Waals surface area contributed by atoms with Gasteiger partial charge in [0.05, 0.1) is 17.5 Å². The van der Waals surface area contributed by atoms with Crippen molar-refractivity contribution in [3.05, 3.63) is 64.4 Å². The minimum absolute atomic E-state index is 0.00120. The highest BCUT2D eigenvalue weighted by Gasteiger charge is 2.42. The number of halogens is 2. The average molecular weight is 362 g/mol. The van der Waals surface area contributed by atoms with Crippen molar-refractivity contribution in [3.8, 4) is 5.75 Å². The number of nitrogens with one attached hydrogen (secondary N) is 1. The summed E-state index contributed by atoms with van der Waals surface area (Å²) in [5.74, 6) is 0.293. The maximum Gasteiger partial charge on any atom is 0.230 e. The van der Waals surface area contributed by atoms with Gasteiger partial charge in [0.25, 0.3) is 0 Å². The van der Waals surface area contributed by atoms with E-state index in [1.165, 1.54) is 6.07 Å². The van der Waals surface area contributed by atoms with Crippen LogP contribution in [-0.2, 0) is 16.8 Å². The molecule has 2 aromatic carbocycles. The number of ether oxygens (including phenoxy) is 1. The smallest absolute Gasteiger partial charge is 0.230 e. The van der Waals surface area contributed by atoms with Crippen LogP contribution in [0.15, 0.2) is 42.5 Å². The van der Waals surface area contributed by atoms with E-state index in [1.807, 2.05) is 24.3 Å². The number of amides is 1. The molecule has 3 nitrogen and oxygen atoms in total. The number of hydrogen-bond acceptors (Lipinski definition) is 2. The minimum Gasteiger partial charge on any atom is -0.497 e. The van der Waals surface area contributed by atoms with Crippen LogP contribution in [0.3, 0.4) is 0 Å². The third-order valence-corrected chi connectivity index (χ3v) is 5.24. The van der Waals surface area contributed by atoms with Gasteiger partial charge in [0.2, 0.25) is 5.91 Å². The molecule has 0 aliphatic heterocycles. The van der Waals surface area contributed by atoms with Gasteiger partial charge in [-0.05, 0) is 48.2 Å². The average Bonchev–Trinajstić information content (AvgIpc) is 3.13. The zero-order valence-electron chi connectivity index (χ0n) is 14.1. The largest absolute Gasteiger partial charge is 0.497 e. The van der Waals surface area contributed by atoms with Gasteiger partial charge in [-0.1, -0.05) is 42.6 Å². The number of hydrogen-bond donors (Lipinski definition) is 1. The second-order valence-corrected chi connectivity index (χ2v) is 6.86. The lowest BCUT2D eigenvalue weighted by molar-refractivity contribution is -0.126. The van der Waals surface area contributed by atoms with Crippen LogP contribution in [0.25, 0.3) is 0 Å². The van der Waals surface area contributed by atoms with Crippen molar-refractivity contribution in [1.29, 1.82) is 0 Å². The Morgan fingerprint density at radius 2 is 2.00 bits per heavy atom. The first-order chi connectivity index (χ1) is 12.0. The van der Waals surface area contributed by atoms with Gasteiger partial charge in [-0.25, -0.2) is 4.39 Å². The monoisotopic (exact) mass is 361 g/mol. The molecule has 1 aliphatic rings. The second kappa shape index (κ2) is 7.44. The lowest BCUT2D eigenvalue weighted by Gasteiger charge is -2.28. The summed E-state index contributed by atoms with van der Waals surface area (Å²) in [6.07, 6.45) is 3.67. The van der Waals surface area contributed by atoms with Gasteiger partial charge in [0, 0.05) is 6.54 Å². The maximum absolute atomic E-state index is 13.3. The van der Waals surface area contributed by atoms with Crippen LogP contribution < -0.4 is 10.1 Å². The summed E-state index contributed by atoms with van der Waals surface area (Å²) in [4.78, 5) is 13.0. The number of methoxy groups -OCH3 is 1. The van der Waals surface area contributed by atoms with E-state index in [9.17, 15) is 9.18 Å². The molecular formula is C20H21ClFNO2. The molecule has 3 rings (SSSR count). The molecule has 1 aliphatic carbocycles. The summed E-state index contributed by atoms with van der Waals surface area (Å²) >= 11 is 5.81. The molecule has 132 valence electrons.